The lowest BCUT2D eigenvalue weighted by Gasteiger charge is -2.09. The van der Waals surface area contributed by atoms with Crippen LogP contribution >= 0.6 is 11.8 Å². The van der Waals surface area contributed by atoms with E-state index in [-0.39, 0.29) is 24.1 Å². The molecule has 176 valence electrons. The third-order valence-corrected chi connectivity index (χ3v) is 5.71. The number of benzene rings is 2. The summed E-state index contributed by atoms with van der Waals surface area (Å²) in [6.07, 6.45) is 1.70. The Balaban J connectivity index is 1.57. The van der Waals surface area contributed by atoms with Crippen LogP contribution in [0.3, 0.4) is 0 Å². The number of rotatable bonds is 10. The van der Waals surface area contributed by atoms with Crippen molar-refractivity contribution in [3.05, 3.63) is 83.7 Å². The van der Waals surface area contributed by atoms with Crippen LogP contribution in [-0.2, 0) is 22.6 Å². The van der Waals surface area contributed by atoms with Gasteiger partial charge in [-0.2, -0.15) is 0 Å². The molecule has 0 aliphatic rings. The largest absolute Gasteiger partial charge is 0.465 e. The van der Waals surface area contributed by atoms with Crippen LogP contribution in [0.5, 0.6) is 0 Å². The second kappa shape index (κ2) is 11.8. The summed E-state index contributed by atoms with van der Waals surface area (Å²) < 4.78 is 6.46. The van der Waals surface area contributed by atoms with Crippen LogP contribution in [0.1, 0.15) is 32.1 Å². The fourth-order valence-corrected chi connectivity index (χ4v) is 3.74. The molecule has 0 saturated carbocycles. The number of amides is 2. The van der Waals surface area contributed by atoms with Crippen molar-refractivity contribution in [2.24, 2.45) is 0 Å². The van der Waals surface area contributed by atoms with Crippen LogP contribution < -0.4 is 10.6 Å². The standard InChI is InChI=1S/C24H25N5O4S/c1-4-13-29-20(14-25-22(31)17-7-5-16(2)6-8-17)27-28-24(29)34-15-21(30)26-19-11-9-18(10-12-19)23(32)33-3/h4-12H,1,13-15H2,2-3H3,(H,25,31)(H,26,30). The number of hydrogen-bond donors (Lipinski definition) is 2. The minimum atomic E-state index is -0.444. The van der Waals surface area contributed by atoms with Gasteiger partial charge in [0, 0.05) is 17.8 Å². The number of thioether (sulfide) groups is 1. The van der Waals surface area contributed by atoms with Gasteiger partial charge in [0.15, 0.2) is 11.0 Å². The lowest BCUT2D eigenvalue weighted by molar-refractivity contribution is -0.113. The average Bonchev–Trinajstić information content (AvgIpc) is 3.23. The number of nitrogens with one attached hydrogen (secondary N) is 2. The van der Waals surface area contributed by atoms with Gasteiger partial charge in [0.2, 0.25) is 5.91 Å². The summed E-state index contributed by atoms with van der Waals surface area (Å²) in [5.41, 5.74) is 2.59. The zero-order chi connectivity index (χ0) is 24.5. The van der Waals surface area contributed by atoms with Crippen molar-refractivity contribution < 1.29 is 19.1 Å². The number of aromatic nitrogens is 3. The number of carbonyl (C=O) groups is 3. The lowest BCUT2D eigenvalue weighted by atomic mass is 10.1. The molecule has 0 aliphatic carbocycles. The molecule has 2 N–H and O–H groups in total. The quantitative estimate of drug-likeness (QED) is 0.261. The van der Waals surface area contributed by atoms with E-state index >= 15 is 0 Å². The highest BCUT2D eigenvalue weighted by Crippen LogP contribution is 2.18. The zero-order valence-corrected chi connectivity index (χ0v) is 19.7. The zero-order valence-electron chi connectivity index (χ0n) is 18.9. The van der Waals surface area contributed by atoms with Gasteiger partial charge in [-0.25, -0.2) is 4.79 Å². The van der Waals surface area contributed by atoms with Crippen LogP contribution in [0, 0.1) is 6.92 Å². The molecule has 10 heteroatoms. The number of carbonyl (C=O) groups excluding carboxylic acids is 3. The minimum Gasteiger partial charge on any atom is -0.465 e. The Morgan fingerprint density at radius 3 is 2.38 bits per heavy atom. The summed E-state index contributed by atoms with van der Waals surface area (Å²) in [7, 11) is 1.31. The van der Waals surface area contributed by atoms with E-state index in [2.05, 4.69) is 32.1 Å². The van der Waals surface area contributed by atoms with Gasteiger partial charge in [0.1, 0.15) is 0 Å². The maximum Gasteiger partial charge on any atom is 0.337 e. The van der Waals surface area contributed by atoms with E-state index in [1.807, 2.05) is 19.1 Å². The first-order valence-electron chi connectivity index (χ1n) is 10.4. The Morgan fingerprint density at radius 1 is 1.06 bits per heavy atom. The number of hydrogen-bond acceptors (Lipinski definition) is 7. The van der Waals surface area contributed by atoms with Crippen LogP contribution in [0.2, 0.25) is 0 Å². The van der Waals surface area contributed by atoms with Crippen molar-refractivity contribution in [2.45, 2.75) is 25.2 Å². The molecule has 2 aromatic carbocycles. The van der Waals surface area contributed by atoms with Crippen molar-refractivity contribution in [3.63, 3.8) is 0 Å². The van der Waals surface area contributed by atoms with Gasteiger partial charge in [-0.05, 0) is 43.3 Å². The van der Waals surface area contributed by atoms with Crippen molar-refractivity contribution in [1.82, 2.24) is 20.1 Å². The molecule has 1 aromatic heterocycles. The second-order valence-corrected chi connectivity index (χ2v) is 8.20. The summed E-state index contributed by atoms with van der Waals surface area (Å²) in [6.45, 7) is 6.34. The molecular formula is C24H25N5O4S. The minimum absolute atomic E-state index is 0.101. The van der Waals surface area contributed by atoms with Crippen molar-refractivity contribution in [2.75, 3.05) is 18.2 Å². The molecule has 1 heterocycles. The van der Waals surface area contributed by atoms with E-state index in [0.29, 0.717) is 34.3 Å². The van der Waals surface area contributed by atoms with Crippen LogP contribution in [0.4, 0.5) is 5.69 Å². The molecule has 0 bridgehead atoms. The number of nitrogens with zero attached hydrogens (tertiary/aromatic N) is 3. The predicted octanol–water partition coefficient (Wildman–Crippen LogP) is 3.22. The molecule has 0 radical (unpaired) electrons. The fourth-order valence-electron chi connectivity index (χ4n) is 2.97. The summed E-state index contributed by atoms with van der Waals surface area (Å²) in [6, 6.07) is 13.7. The molecule has 0 fully saturated rings. The maximum atomic E-state index is 12.4. The molecular weight excluding hydrogens is 454 g/mol. The molecule has 0 spiro atoms. The van der Waals surface area contributed by atoms with Gasteiger partial charge in [0.05, 0.1) is 25.0 Å². The van der Waals surface area contributed by atoms with Crippen LogP contribution in [0.25, 0.3) is 0 Å². The molecule has 34 heavy (non-hydrogen) atoms. The van der Waals surface area contributed by atoms with E-state index < -0.39 is 5.97 Å². The van der Waals surface area contributed by atoms with E-state index in [1.165, 1.54) is 18.9 Å². The molecule has 2 amide bonds. The number of aryl methyl sites for hydroxylation is 1. The molecule has 9 nitrogen and oxygen atoms in total. The predicted molar refractivity (Wildman–Crippen MR) is 130 cm³/mol. The van der Waals surface area contributed by atoms with Crippen molar-refractivity contribution in [3.8, 4) is 0 Å². The third kappa shape index (κ3) is 6.55. The second-order valence-electron chi connectivity index (χ2n) is 7.25. The van der Waals surface area contributed by atoms with Gasteiger partial charge in [-0.3, -0.25) is 9.59 Å². The molecule has 0 saturated heterocycles. The topological polar surface area (TPSA) is 115 Å². The highest BCUT2D eigenvalue weighted by atomic mass is 32.2. The Labute approximate surface area is 201 Å². The summed E-state index contributed by atoms with van der Waals surface area (Å²) in [5.74, 6) is -0.232. The first-order valence-corrected chi connectivity index (χ1v) is 11.4. The van der Waals surface area contributed by atoms with E-state index in [9.17, 15) is 14.4 Å². The van der Waals surface area contributed by atoms with Crippen molar-refractivity contribution >= 4 is 35.2 Å². The van der Waals surface area contributed by atoms with E-state index in [0.717, 1.165) is 5.56 Å². The number of anilines is 1. The highest BCUT2D eigenvalue weighted by Gasteiger charge is 2.15. The molecule has 3 aromatic rings. The summed E-state index contributed by atoms with van der Waals surface area (Å²) >= 11 is 1.22. The first-order chi connectivity index (χ1) is 16.4. The maximum absolute atomic E-state index is 12.4. The average molecular weight is 480 g/mol. The summed E-state index contributed by atoms with van der Waals surface area (Å²) in [4.78, 5) is 36.3. The Morgan fingerprint density at radius 2 is 1.74 bits per heavy atom. The Hall–Kier alpha value is -3.92. The van der Waals surface area contributed by atoms with Gasteiger partial charge < -0.3 is 19.9 Å². The highest BCUT2D eigenvalue weighted by molar-refractivity contribution is 7.99. The number of allylic oxidation sites excluding steroid dienone is 1. The van der Waals surface area contributed by atoms with E-state index in [4.69, 9.17) is 0 Å². The smallest absolute Gasteiger partial charge is 0.337 e. The lowest BCUT2D eigenvalue weighted by Crippen LogP contribution is -2.24. The van der Waals surface area contributed by atoms with Crippen LogP contribution in [0.15, 0.2) is 66.3 Å². The molecule has 3 rings (SSSR count). The Kier molecular flexibility index (Phi) is 8.58. The monoisotopic (exact) mass is 479 g/mol. The van der Waals surface area contributed by atoms with Crippen LogP contribution in [-0.4, -0.2) is 45.4 Å². The molecule has 0 atom stereocenters. The summed E-state index contributed by atoms with van der Waals surface area (Å²) in [5, 5.41) is 14.5. The third-order valence-electron chi connectivity index (χ3n) is 4.75. The van der Waals surface area contributed by atoms with Crippen molar-refractivity contribution in [1.29, 1.82) is 0 Å². The molecule has 0 aliphatic heterocycles. The van der Waals surface area contributed by atoms with Gasteiger partial charge in [-0.1, -0.05) is 35.5 Å². The number of ether oxygens (including phenoxy) is 1. The number of esters is 1. The fraction of sp³-hybridized carbons (Fsp3) is 0.208. The number of methoxy groups -OCH3 is 1. The van der Waals surface area contributed by atoms with Gasteiger partial charge in [0.25, 0.3) is 5.91 Å². The molecule has 0 unspecified atom stereocenters. The van der Waals surface area contributed by atoms with Gasteiger partial charge >= 0.3 is 5.97 Å². The SMILES string of the molecule is C=CCn1c(CNC(=O)c2ccc(C)cc2)nnc1SCC(=O)Nc1ccc(C(=O)OC)cc1. The Bertz CT molecular complexity index is 1170. The van der Waals surface area contributed by atoms with E-state index in [1.54, 1.807) is 47.0 Å². The first kappa shape index (κ1) is 24.7. The normalized spacial score (nSPS) is 10.4. The van der Waals surface area contributed by atoms with Gasteiger partial charge in [-0.15, -0.1) is 16.8 Å².